The highest BCUT2D eigenvalue weighted by Crippen LogP contribution is 2.33. The molecule has 1 aliphatic heterocycles. The Morgan fingerprint density at radius 1 is 1.12 bits per heavy atom. The number of benzene rings is 2. The summed E-state index contributed by atoms with van der Waals surface area (Å²) in [6.07, 6.45) is 0.878. The third kappa shape index (κ3) is 2.26. The summed E-state index contributed by atoms with van der Waals surface area (Å²) >= 11 is 0. The first kappa shape index (κ1) is 14.8. The molecule has 3 aromatic rings. The fraction of sp³-hybridized carbons (Fsp3) is 0.250. The van der Waals surface area contributed by atoms with Crippen LogP contribution >= 0.6 is 0 Å². The summed E-state index contributed by atoms with van der Waals surface area (Å²) in [5.41, 5.74) is 4.24. The molecule has 0 bridgehead atoms. The number of rotatable bonds is 3. The minimum atomic E-state index is 0.0994. The van der Waals surface area contributed by atoms with Crippen molar-refractivity contribution in [1.82, 2.24) is 9.47 Å². The first-order valence-electron chi connectivity index (χ1n) is 8.17. The predicted octanol–water partition coefficient (Wildman–Crippen LogP) is 3.33. The summed E-state index contributed by atoms with van der Waals surface area (Å²) in [4.78, 5) is 14.6. The summed E-state index contributed by atoms with van der Waals surface area (Å²) in [6.45, 7) is 1.45. The fourth-order valence-corrected chi connectivity index (χ4v) is 3.52. The van der Waals surface area contributed by atoms with Crippen molar-refractivity contribution in [2.75, 3.05) is 20.7 Å². The van der Waals surface area contributed by atoms with Crippen LogP contribution in [0.4, 0.5) is 0 Å². The van der Waals surface area contributed by atoms with Crippen molar-refractivity contribution in [3.05, 3.63) is 65.4 Å². The number of hydrogen-bond acceptors (Lipinski definition) is 2. The van der Waals surface area contributed by atoms with E-state index in [0.29, 0.717) is 6.54 Å². The van der Waals surface area contributed by atoms with Gasteiger partial charge in [-0.1, -0.05) is 30.3 Å². The van der Waals surface area contributed by atoms with Crippen LogP contribution in [0.2, 0.25) is 0 Å². The van der Waals surface area contributed by atoms with Crippen LogP contribution in [0.5, 0.6) is 5.75 Å². The number of carbonyl (C=O) groups excluding carboxylic acids is 1. The van der Waals surface area contributed by atoms with E-state index in [1.807, 2.05) is 37.4 Å². The quantitative estimate of drug-likeness (QED) is 0.742. The molecule has 1 aliphatic rings. The van der Waals surface area contributed by atoms with Gasteiger partial charge in [-0.15, -0.1) is 0 Å². The number of aromatic nitrogens is 1. The van der Waals surface area contributed by atoms with E-state index in [2.05, 4.69) is 22.8 Å². The molecule has 0 fully saturated rings. The second-order valence-corrected chi connectivity index (χ2v) is 6.26. The Bertz CT molecular complexity index is 912. The zero-order valence-electron chi connectivity index (χ0n) is 14.0. The topological polar surface area (TPSA) is 34.5 Å². The van der Waals surface area contributed by atoms with E-state index in [4.69, 9.17) is 4.74 Å². The van der Waals surface area contributed by atoms with Gasteiger partial charge in [0.05, 0.1) is 7.11 Å². The molecule has 0 saturated carbocycles. The monoisotopic (exact) mass is 320 g/mol. The van der Waals surface area contributed by atoms with Crippen LogP contribution < -0.4 is 4.74 Å². The van der Waals surface area contributed by atoms with Gasteiger partial charge < -0.3 is 14.2 Å². The van der Waals surface area contributed by atoms with Crippen LogP contribution in [0.1, 0.15) is 21.6 Å². The minimum absolute atomic E-state index is 0.0994. The van der Waals surface area contributed by atoms with E-state index in [-0.39, 0.29) is 5.91 Å². The van der Waals surface area contributed by atoms with E-state index >= 15 is 0 Å². The number of amides is 1. The fourth-order valence-electron chi connectivity index (χ4n) is 3.52. The first-order valence-corrected chi connectivity index (χ1v) is 8.17. The molecule has 0 radical (unpaired) electrons. The molecular formula is C20H20N2O2. The van der Waals surface area contributed by atoms with E-state index in [1.165, 1.54) is 5.56 Å². The number of likely N-dealkylation sites (N-methyl/N-ethyl adjacent to an activating group) is 1. The van der Waals surface area contributed by atoms with Crippen LogP contribution in [0.15, 0.2) is 48.5 Å². The van der Waals surface area contributed by atoms with Gasteiger partial charge in [0, 0.05) is 31.0 Å². The average molecular weight is 320 g/mol. The summed E-state index contributed by atoms with van der Waals surface area (Å²) < 4.78 is 7.53. The highest BCUT2D eigenvalue weighted by atomic mass is 16.5. The number of fused-ring (bicyclic) bond motifs is 3. The van der Waals surface area contributed by atoms with Gasteiger partial charge in [0.15, 0.2) is 0 Å². The molecule has 24 heavy (non-hydrogen) atoms. The third-order valence-electron chi connectivity index (χ3n) is 4.81. The molecular weight excluding hydrogens is 300 g/mol. The van der Waals surface area contributed by atoms with Gasteiger partial charge in [0.25, 0.3) is 5.91 Å². The highest BCUT2D eigenvalue weighted by molar-refractivity contribution is 6.03. The van der Waals surface area contributed by atoms with Gasteiger partial charge in [-0.2, -0.15) is 0 Å². The third-order valence-corrected chi connectivity index (χ3v) is 4.81. The molecule has 2 heterocycles. The van der Waals surface area contributed by atoms with Gasteiger partial charge in [0.2, 0.25) is 0 Å². The van der Waals surface area contributed by atoms with Gasteiger partial charge in [0.1, 0.15) is 11.4 Å². The Labute approximate surface area is 141 Å². The van der Waals surface area contributed by atoms with Crippen molar-refractivity contribution in [1.29, 1.82) is 0 Å². The van der Waals surface area contributed by atoms with Crippen LogP contribution in [-0.4, -0.2) is 36.1 Å². The van der Waals surface area contributed by atoms with Crippen molar-refractivity contribution in [3.63, 3.8) is 0 Å². The van der Waals surface area contributed by atoms with Crippen LogP contribution in [-0.2, 0) is 13.0 Å². The van der Waals surface area contributed by atoms with E-state index in [0.717, 1.165) is 40.9 Å². The van der Waals surface area contributed by atoms with Crippen molar-refractivity contribution in [2.24, 2.45) is 0 Å². The van der Waals surface area contributed by atoms with Gasteiger partial charge in [-0.25, -0.2) is 0 Å². The molecule has 4 rings (SSSR count). The lowest BCUT2D eigenvalue weighted by Gasteiger charge is -2.24. The van der Waals surface area contributed by atoms with Crippen molar-refractivity contribution >= 4 is 16.8 Å². The summed E-state index contributed by atoms with van der Waals surface area (Å²) in [6, 6.07) is 16.3. The molecule has 1 amide bonds. The van der Waals surface area contributed by atoms with E-state index in [9.17, 15) is 4.79 Å². The Hall–Kier alpha value is -2.75. The van der Waals surface area contributed by atoms with Crippen molar-refractivity contribution < 1.29 is 9.53 Å². The van der Waals surface area contributed by atoms with Crippen molar-refractivity contribution in [3.8, 4) is 5.75 Å². The number of methoxy groups -OCH3 is 1. The Balaban J connectivity index is 1.95. The minimum Gasteiger partial charge on any atom is -0.497 e. The lowest BCUT2D eigenvalue weighted by atomic mass is 10.0. The van der Waals surface area contributed by atoms with Crippen LogP contribution in [0.25, 0.3) is 10.9 Å². The molecule has 0 atom stereocenters. The second-order valence-electron chi connectivity index (χ2n) is 6.26. The van der Waals surface area contributed by atoms with Gasteiger partial charge >= 0.3 is 0 Å². The maximum atomic E-state index is 12.8. The summed E-state index contributed by atoms with van der Waals surface area (Å²) in [5, 5.41) is 1.13. The predicted molar refractivity (Wildman–Crippen MR) is 94.7 cm³/mol. The number of nitrogens with zero attached hydrogens (tertiary/aromatic N) is 2. The van der Waals surface area contributed by atoms with E-state index in [1.54, 1.807) is 12.0 Å². The lowest BCUT2D eigenvalue weighted by Crippen LogP contribution is -2.35. The zero-order chi connectivity index (χ0) is 16.7. The van der Waals surface area contributed by atoms with Crippen LogP contribution in [0, 0.1) is 0 Å². The molecule has 4 nitrogen and oxygen atoms in total. The number of ether oxygens (including phenoxy) is 1. The number of carbonyl (C=O) groups is 1. The smallest absolute Gasteiger partial charge is 0.270 e. The highest BCUT2D eigenvalue weighted by Gasteiger charge is 2.29. The molecule has 122 valence electrons. The molecule has 0 unspecified atom stereocenters. The first-order chi connectivity index (χ1) is 11.7. The summed E-state index contributed by atoms with van der Waals surface area (Å²) in [5.74, 6) is 0.927. The van der Waals surface area contributed by atoms with Crippen LogP contribution in [0.3, 0.4) is 0 Å². The van der Waals surface area contributed by atoms with Gasteiger partial charge in [-0.05, 0) is 35.7 Å². The Morgan fingerprint density at radius 2 is 1.92 bits per heavy atom. The maximum Gasteiger partial charge on any atom is 0.270 e. The van der Waals surface area contributed by atoms with Crippen molar-refractivity contribution in [2.45, 2.75) is 13.0 Å². The molecule has 1 aromatic heterocycles. The van der Waals surface area contributed by atoms with E-state index < -0.39 is 0 Å². The molecule has 0 aliphatic carbocycles. The molecule has 4 heteroatoms. The standard InChI is InChI=1S/C20H20N2O2/c1-21-11-10-16-17-12-15(24-2)8-9-18(17)22(19(16)20(21)23)13-14-6-4-3-5-7-14/h3-9,12H,10-11,13H2,1-2H3. The Kier molecular flexibility index (Phi) is 3.53. The molecule has 0 spiro atoms. The number of hydrogen-bond donors (Lipinski definition) is 0. The molecule has 2 aromatic carbocycles. The maximum absolute atomic E-state index is 12.8. The molecule has 0 N–H and O–H groups in total. The average Bonchev–Trinajstić information content (AvgIpc) is 2.92. The summed E-state index contributed by atoms with van der Waals surface area (Å²) in [7, 11) is 3.55. The Morgan fingerprint density at radius 3 is 2.67 bits per heavy atom. The normalized spacial score (nSPS) is 14.1. The largest absolute Gasteiger partial charge is 0.497 e. The zero-order valence-corrected chi connectivity index (χ0v) is 14.0. The molecule has 0 saturated heterocycles. The SMILES string of the molecule is COc1ccc2c(c1)c1c(n2Cc2ccccc2)C(=O)N(C)CC1. The lowest BCUT2D eigenvalue weighted by molar-refractivity contribution is 0.0770. The van der Waals surface area contributed by atoms with Gasteiger partial charge in [-0.3, -0.25) is 4.79 Å². The second kappa shape index (κ2) is 5.71.